The molecule has 2 aromatic heterocycles. The third kappa shape index (κ3) is 15.6. The van der Waals surface area contributed by atoms with Gasteiger partial charge in [-0.3, -0.25) is 39.5 Å². The first-order valence-corrected chi connectivity index (χ1v) is 20.3. The Bertz CT molecular complexity index is 1960. The number of nitrogens with zero attached hydrogens (tertiary/aromatic N) is 5. The zero-order chi connectivity index (χ0) is 42.7. The number of benzene rings is 2. The van der Waals surface area contributed by atoms with Crippen molar-refractivity contribution in [2.24, 2.45) is 11.8 Å². The van der Waals surface area contributed by atoms with Crippen LogP contribution in [0.4, 0.5) is 22.7 Å². The Morgan fingerprint density at radius 1 is 0.746 bits per heavy atom. The van der Waals surface area contributed by atoms with E-state index in [1.807, 2.05) is 25.2 Å². The molecule has 15 heteroatoms. The number of nitro groups is 1. The number of aliphatic hydroxyl groups excluding tert-OH is 1. The van der Waals surface area contributed by atoms with Gasteiger partial charge in [-0.2, -0.15) is 0 Å². The molecule has 2 aliphatic rings. The van der Waals surface area contributed by atoms with Crippen LogP contribution in [0.3, 0.4) is 0 Å². The zero-order valence-corrected chi connectivity index (χ0v) is 35.0. The number of ether oxygens (including phenoxy) is 2. The van der Waals surface area contributed by atoms with Crippen molar-refractivity contribution in [3.05, 3.63) is 94.6 Å². The maximum atomic E-state index is 12.4. The number of carbonyl (C=O) groups is 2. The number of likely N-dealkylation sites (tertiary alicyclic amines) is 2. The van der Waals surface area contributed by atoms with Crippen molar-refractivity contribution in [2.45, 2.75) is 59.3 Å². The van der Waals surface area contributed by atoms with Gasteiger partial charge in [-0.1, -0.05) is 13.8 Å². The molecule has 0 spiro atoms. The predicted octanol–water partition coefficient (Wildman–Crippen LogP) is 7.01. The van der Waals surface area contributed by atoms with Crippen LogP contribution in [0.25, 0.3) is 0 Å². The quantitative estimate of drug-likeness (QED) is 0.0543. The molecule has 0 saturated carbocycles. The fourth-order valence-electron chi connectivity index (χ4n) is 6.73. The van der Waals surface area contributed by atoms with Crippen LogP contribution in [-0.2, 0) is 22.4 Å². The highest BCUT2D eigenvalue weighted by Crippen LogP contribution is 2.32. The number of hydrogen-bond acceptors (Lipinski definition) is 14. The minimum absolute atomic E-state index is 0.0645. The maximum Gasteiger partial charge on any atom is 0.296 e. The van der Waals surface area contributed by atoms with Gasteiger partial charge in [-0.05, 0) is 107 Å². The third-order valence-corrected chi connectivity index (χ3v) is 10.1. The van der Waals surface area contributed by atoms with Crippen molar-refractivity contribution in [1.82, 2.24) is 19.8 Å². The molecule has 4 heterocycles. The highest BCUT2D eigenvalue weighted by Gasteiger charge is 2.20. The van der Waals surface area contributed by atoms with Crippen LogP contribution in [0.5, 0.6) is 23.0 Å². The number of rotatable bonds is 15. The van der Waals surface area contributed by atoms with Gasteiger partial charge < -0.3 is 30.9 Å². The van der Waals surface area contributed by atoms with Gasteiger partial charge in [0.2, 0.25) is 0 Å². The number of piperidine rings is 2. The Morgan fingerprint density at radius 3 is 1.56 bits per heavy atom. The molecule has 0 atom stereocenters. The molecule has 0 bridgehead atoms. The first-order valence-electron chi connectivity index (χ1n) is 20.3. The second-order valence-electron chi connectivity index (χ2n) is 15.0. The number of carbonyl (C=O) groups excluding carboxylic acids is 2. The molecule has 0 radical (unpaired) electrons. The van der Waals surface area contributed by atoms with Crippen molar-refractivity contribution >= 4 is 34.3 Å². The molecule has 2 aliphatic heterocycles. The number of nitrogens with two attached hydrogens (primary N) is 1. The van der Waals surface area contributed by atoms with Crippen molar-refractivity contribution < 1.29 is 29.1 Å². The topological polar surface area (TPSA) is 198 Å². The van der Waals surface area contributed by atoms with Crippen LogP contribution in [0, 0.1) is 22.0 Å². The minimum Gasteiger partial charge on any atom is -0.457 e. The standard InChI is InChI=1S/C21H26N4O4.C21H28N4O2.C2H6O/c1-15-6-9-24(10-7-15)14-17(26)11-16-12-19(5-8-23-16)29-18-3-4-20(22-2)21(13-18)25(27)28;1-15-6-9-25(10-7-15)14-17(26)11-16-12-19(5-8-24-16)27-18-3-4-21(23-2)20(22)13-18;1-2-3/h3-5,8,12-13,15,22H,6-7,9-11,14H2,1-2H3;3-5,8,12-13,15,23H,6-7,9-11,14,22H2,1-2H3;3H,2H2,1H3. The van der Waals surface area contributed by atoms with E-state index in [1.165, 1.54) is 18.9 Å². The number of nitro benzene ring substituents is 1. The fourth-order valence-corrected chi connectivity index (χ4v) is 6.73. The van der Waals surface area contributed by atoms with Gasteiger partial charge >= 0.3 is 0 Å². The number of anilines is 3. The normalized spacial score (nSPS) is 14.8. The maximum absolute atomic E-state index is 12.4. The number of aromatic nitrogens is 2. The Balaban J connectivity index is 0.000000245. The summed E-state index contributed by atoms with van der Waals surface area (Å²) in [7, 11) is 3.45. The molecule has 2 fully saturated rings. The Kier molecular flexibility index (Phi) is 18.5. The highest BCUT2D eigenvalue weighted by atomic mass is 16.6. The Hall–Kier alpha value is -5.64. The monoisotopic (exact) mass is 812 g/mol. The van der Waals surface area contributed by atoms with Gasteiger partial charge in [0.25, 0.3) is 5.69 Å². The second kappa shape index (κ2) is 23.7. The average Bonchev–Trinajstić information content (AvgIpc) is 3.20. The largest absolute Gasteiger partial charge is 0.457 e. The van der Waals surface area contributed by atoms with Gasteiger partial charge in [0, 0.05) is 51.3 Å². The predicted molar refractivity (Wildman–Crippen MR) is 232 cm³/mol. The first kappa shape index (κ1) is 46.1. The molecule has 318 valence electrons. The van der Waals surface area contributed by atoms with Crippen LogP contribution >= 0.6 is 0 Å². The summed E-state index contributed by atoms with van der Waals surface area (Å²) in [5.41, 5.74) is 9.15. The van der Waals surface area contributed by atoms with Gasteiger partial charge in [0.1, 0.15) is 28.7 Å². The summed E-state index contributed by atoms with van der Waals surface area (Å²) in [5, 5.41) is 24.6. The summed E-state index contributed by atoms with van der Waals surface area (Å²) in [6.07, 6.45) is 8.42. The van der Waals surface area contributed by atoms with Crippen LogP contribution in [0.15, 0.2) is 73.1 Å². The fraction of sp³-hybridized carbons (Fsp3) is 0.455. The zero-order valence-electron chi connectivity index (χ0n) is 35.0. The average molecular weight is 813 g/mol. The number of nitrogen functional groups attached to an aromatic ring is 1. The van der Waals surface area contributed by atoms with E-state index in [0.29, 0.717) is 59.6 Å². The van der Waals surface area contributed by atoms with E-state index >= 15 is 0 Å². The summed E-state index contributed by atoms with van der Waals surface area (Å²) < 4.78 is 11.6. The Labute approximate surface area is 347 Å². The van der Waals surface area contributed by atoms with Crippen LogP contribution < -0.4 is 25.8 Å². The highest BCUT2D eigenvalue weighted by molar-refractivity contribution is 5.83. The van der Waals surface area contributed by atoms with E-state index in [-0.39, 0.29) is 30.3 Å². The summed E-state index contributed by atoms with van der Waals surface area (Å²) in [5.74, 6) is 3.95. The third-order valence-electron chi connectivity index (χ3n) is 10.1. The second-order valence-corrected chi connectivity index (χ2v) is 15.0. The summed E-state index contributed by atoms with van der Waals surface area (Å²) >= 11 is 0. The lowest BCUT2D eigenvalue weighted by molar-refractivity contribution is -0.384. The Morgan fingerprint density at radius 2 is 1.15 bits per heavy atom. The van der Waals surface area contributed by atoms with E-state index < -0.39 is 4.92 Å². The minimum atomic E-state index is -0.462. The number of hydrogen-bond donors (Lipinski definition) is 4. The number of ketones is 2. The van der Waals surface area contributed by atoms with E-state index in [0.717, 1.165) is 62.2 Å². The van der Waals surface area contributed by atoms with Crippen molar-refractivity contribution in [2.75, 3.05) is 76.3 Å². The number of pyridine rings is 2. The van der Waals surface area contributed by atoms with Crippen LogP contribution in [0.1, 0.15) is 57.8 Å². The molecule has 2 saturated heterocycles. The number of Topliss-reactive ketones (excluding diaryl/α,β-unsaturated/α-hetero) is 2. The van der Waals surface area contributed by atoms with E-state index in [4.69, 9.17) is 20.3 Å². The molecule has 4 aromatic rings. The summed E-state index contributed by atoms with van der Waals surface area (Å²) in [6, 6.07) is 17.1. The SMILES string of the molecule is CCO.CNc1ccc(Oc2ccnc(CC(=O)CN3CCC(C)CC3)c2)cc1N.CNc1ccc(Oc2ccnc(CC(=O)CN3CCC(C)CC3)c2)cc1[N+](=O)[O-]. The molecular formula is C44H60N8O7. The summed E-state index contributed by atoms with van der Waals surface area (Å²) in [6.45, 7) is 11.3. The molecule has 0 aliphatic carbocycles. The van der Waals surface area contributed by atoms with Crippen molar-refractivity contribution in [3.63, 3.8) is 0 Å². The van der Waals surface area contributed by atoms with Gasteiger partial charge in [-0.15, -0.1) is 0 Å². The van der Waals surface area contributed by atoms with Gasteiger partial charge in [0.05, 0.1) is 59.7 Å². The molecule has 0 unspecified atom stereocenters. The molecule has 6 rings (SSSR count). The van der Waals surface area contributed by atoms with Gasteiger partial charge in [-0.25, -0.2) is 0 Å². The summed E-state index contributed by atoms with van der Waals surface area (Å²) in [4.78, 5) is 48.6. The molecule has 15 nitrogen and oxygen atoms in total. The lowest BCUT2D eigenvalue weighted by atomic mass is 9.99. The number of aliphatic hydroxyl groups is 1. The van der Waals surface area contributed by atoms with Crippen LogP contribution in [-0.4, -0.2) is 101 Å². The molecular weight excluding hydrogens is 753 g/mol. The lowest BCUT2D eigenvalue weighted by Crippen LogP contribution is -2.37. The molecule has 2 aromatic carbocycles. The van der Waals surface area contributed by atoms with Gasteiger partial charge in [0.15, 0.2) is 11.6 Å². The number of nitrogens with one attached hydrogen (secondary N) is 2. The van der Waals surface area contributed by atoms with Crippen LogP contribution in [0.2, 0.25) is 0 Å². The first-order chi connectivity index (χ1) is 28.4. The lowest BCUT2D eigenvalue weighted by Gasteiger charge is -2.29. The molecule has 59 heavy (non-hydrogen) atoms. The van der Waals surface area contributed by atoms with Crippen molar-refractivity contribution in [3.8, 4) is 23.0 Å². The molecule has 0 amide bonds. The smallest absolute Gasteiger partial charge is 0.296 e. The van der Waals surface area contributed by atoms with E-state index in [9.17, 15) is 19.7 Å². The van der Waals surface area contributed by atoms with Crippen molar-refractivity contribution in [1.29, 1.82) is 0 Å². The van der Waals surface area contributed by atoms with E-state index in [2.05, 4.69) is 44.2 Å². The molecule has 5 N–H and O–H groups in total. The van der Waals surface area contributed by atoms with E-state index in [1.54, 1.807) is 62.8 Å².